The van der Waals surface area contributed by atoms with Crippen molar-refractivity contribution < 1.29 is 19.4 Å². The molecule has 1 rings (SSSR count). The van der Waals surface area contributed by atoms with Gasteiger partial charge in [-0.05, 0) is 17.7 Å². The molecule has 0 unspecified atom stereocenters. The van der Waals surface area contributed by atoms with E-state index in [-0.39, 0.29) is 6.42 Å². The summed E-state index contributed by atoms with van der Waals surface area (Å²) < 4.78 is 5.08. The van der Waals surface area contributed by atoms with Gasteiger partial charge in [0.05, 0.1) is 13.5 Å². The number of hydrogen-bond acceptors (Lipinski definition) is 3. The number of aliphatic carboxylic acids is 1. The second-order valence-electron chi connectivity index (χ2n) is 3.14. The Hall–Kier alpha value is -2.10. The number of carbonyl (C=O) groups excluding carboxylic acids is 1. The first kappa shape index (κ1) is 12.0. The van der Waals surface area contributed by atoms with E-state index in [0.29, 0.717) is 17.6 Å². The highest BCUT2D eigenvalue weighted by Crippen LogP contribution is 2.21. The molecule has 4 heteroatoms. The number of hydrogen-bond donors (Lipinski definition) is 1. The Bertz CT molecular complexity index is 421. The average molecular weight is 220 g/mol. The largest absolute Gasteiger partial charge is 0.496 e. The summed E-state index contributed by atoms with van der Waals surface area (Å²) >= 11 is 0. The van der Waals surface area contributed by atoms with E-state index in [4.69, 9.17) is 9.84 Å². The number of methoxy groups -OCH3 is 1. The Morgan fingerprint density at radius 3 is 2.81 bits per heavy atom. The molecule has 0 amide bonds. The predicted octanol–water partition coefficient (Wildman–Crippen LogP) is 1.53. The summed E-state index contributed by atoms with van der Waals surface area (Å²) in [5, 5.41) is 8.68. The Morgan fingerprint density at radius 2 is 2.25 bits per heavy atom. The number of rotatable bonds is 5. The van der Waals surface area contributed by atoms with Crippen molar-refractivity contribution in [3.63, 3.8) is 0 Å². The molecule has 0 saturated carbocycles. The quantitative estimate of drug-likeness (QED) is 0.603. The third-order valence-corrected chi connectivity index (χ3v) is 2.02. The number of aldehydes is 1. The summed E-state index contributed by atoms with van der Waals surface area (Å²) in [4.78, 5) is 20.7. The molecular weight excluding hydrogens is 208 g/mol. The van der Waals surface area contributed by atoms with Crippen LogP contribution in [-0.4, -0.2) is 24.5 Å². The van der Waals surface area contributed by atoms with Crippen molar-refractivity contribution in [2.75, 3.05) is 7.11 Å². The molecule has 0 atom stereocenters. The maximum atomic E-state index is 10.6. The van der Waals surface area contributed by atoms with Gasteiger partial charge in [-0.3, -0.25) is 9.59 Å². The van der Waals surface area contributed by atoms with Crippen LogP contribution >= 0.6 is 0 Å². The van der Waals surface area contributed by atoms with E-state index < -0.39 is 5.97 Å². The lowest BCUT2D eigenvalue weighted by Gasteiger charge is -2.07. The number of carbonyl (C=O) groups is 2. The van der Waals surface area contributed by atoms with Crippen molar-refractivity contribution in [1.29, 1.82) is 0 Å². The number of ether oxygens (including phenoxy) is 1. The number of benzene rings is 1. The van der Waals surface area contributed by atoms with Gasteiger partial charge in [0, 0.05) is 5.56 Å². The molecule has 0 aliphatic heterocycles. The van der Waals surface area contributed by atoms with Crippen LogP contribution in [0.3, 0.4) is 0 Å². The van der Waals surface area contributed by atoms with E-state index in [1.54, 1.807) is 24.3 Å². The topological polar surface area (TPSA) is 63.6 Å². The summed E-state index contributed by atoms with van der Waals surface area (Å²) in [5.74, 6) is -0.398. The third kappa shape index (κ3) is 3.24. The molecule has 84 valence electrons. The van der Waals surface area contributed by atoms with Crippen molar-refractivity contribution in [1.82, 2.24) is 0 Å². The van der Waals surface area contributed by atoms with Crippen molar-refractivity contribution in [2.24, 2.45) is 0 Å². The normalized spacial score (nSPS) is 10.3. The van der Waals surface area contributed by atoms with Gasteiger partial charge < -0.3 is 9.84 Å². The second-order valence-corrected chi connectivity index (χ2v) is 3.14. The third-order valence-electron chi connectivity index (χ3n) is 2.02. The van der Waals surface area contributed by atoms with Gasteiger partial charge in [0.2, 0.25) is 0 Å². The van der Waals surface area contributed by atoms with Gasteiger partial charge in [0.15, 0.2) is 0 Å². The van der Waals surface area contributed by atoms with Crippen LogP contribution in [0.1, 0.15) is 11.1 Å². The minimum absolute atomic E-state index is 0.0825. The molecule has 0 spiro atoms. The Labute approximate surface area is 93.2 Å². The average Bonchev–Trinajstić information content (AvgIpc) is 2.27. The van der Waals surface area contributed by atoms with E-state index in [9.17, 15) is 9.59 Å². The summed E-state index contributed by atoms with van der Waals surface area (Å²) in [5.41, 5.74) is 1.40. The first-order valence-electron chi connectivity index (χ1n) is 4.68. The molecule has 16 heavy (non-hydrogen) atoms. The first-order valence-corrected chi connectivity index (χ1v) is 4.68. The molecule has 0 saturated heterocycles. The Kier molecular flexibility index (Phi) is 4.27. The highest BCUT2D eigenvalue weighted by molar-refractivity contribution is 5.75. The molecular formula is C12H12O4. The number of carboxylic acid groups (broad SMARTS) is 1. The number of allylic oxidation sites excluding steroid dienone is 1. The van der Waals surface area contributed by atoms with Crippen LogP contribution < -0.4 is 4.74 Å². The zero-order chi connectivity index (χ0) is 12.0. The zero-order valence-corrected chi connectivity index (χ0v) is 8.84. The lowest BCUT2D eigenvalue weighted by molar-refractivity contribution is -0.136. The van der Waals surface area contributed by atoms with E-state index in [1.165, 1.54) is 13.2 Å². The molecule has 0 aliphatic rings. The SMILES string of the molecule is COc1cc(C=CC=O)ccc1CC(=O)O. The van der Waals surface area contributed by atoms with Crippen molar-refractivity contribution in [3.05, 3.63) is 35.4 Å². The van der Waals surface area contributed by atoms with Gasteiger partial charge in [0.1, 0.15) is 12.0 Å². The summed E-state index contributed by atoms with van der Waals surface area (Å²) in [7, 11) is 1.48. The van der Waals surface area contributed by atoms with Crippen LogP contribution in [0.5, 0.6) is 5.75 Å². The molecule has 0 fully saturated rings. The van der Waals surface area contributed by atoms with Crippen molar-refractivity contribution in [2.45, 2.75) is 6.42 Å². The molecule has 1 N–H and O–H groups in total. The molecule has 1 aromatic rings. The summed E-state index contributed by atoms with van der Waals surface area (Å²) in [6, 6.07) is 5.11. The van der Waals surface area contributed by atoms with Crippen LogP contribution in [0.2, 0.25) is 0 Å². The van der Waals surface area contributed by atoms with Crippen LogP contribution in [0.25, 0.3) is 6.08 Å². The van der Waals surface area contributed by atoms with E-state index in [2.05, 4.69) is 0 Å². The Balaban J connectivity index is 3.01. The van der Waals surface area contributed by atoms with Gasteiger partial charge in [-0.1, -0.05) is 18.2 Å². The van der Waals surface area contributed by atoms with Gasteiger partial charge in [-0.15, -0.1) is 0 Å². The summed E-state index contributed by atoms with van der Waals surface area (Å²) in [6.45, 7) is 0. The lowest BCUT2D eigenvalue weighted by Crippen LogP contribution is -2.02. The first-order chi connectivity index (χ1) is 7.67. The van der Waals surface area contributed by atoms with E-state index in [1.807, 2.05) is 0 Å². The highest BCUT2D eigenvalue weighted by atomic mass is 16.5. The molecule has 0 bridgehead atoms. The van der Waals surface area contributed by atoms with E-state index in [0.717, 1.165) is 5.56 Å². The molecule has 4 nitrogen and oxygen atoms in total. The fraction of sp³-hybridized carbons (Fsp3) is 0.167. The predicted molar refractivity (Wildman–Crippen MR) is 59.4 cm³/mol. The van der Waals surface area contributed by atoms with Gasteiger partial charge in [0.25, 0.3) is 0 Å². The zero-order valence-electron chi connectivity index (χ0n) is 8.84. The second kappa shape index (κ2) is 5.70. The fourth-order valence-electron chi connectivity index (χ4n) is 1.32. The summed E-state index contributed by atoms with van der Waals surface area (Å²) in [6.07, 6.45) is 3.59. The molecule has 0 aromatic heterocycles. The van der Waals surface area contributed by atoms with Crippen LogP contribution in [0.15, 0.2) is 24.3 Å². The minimum atomic E-state index is -0.908. The van der Waals surface area contributed by atoms with Gasteiger partial charge >= 0.3 is 5.97 Å². The highest BCUT2D eigenvalue weighted by Gasteiger charge is 2.07. The minimum Gasteiger partial charge on any atom is -0.496 e. The Morgan fingerprint density at radius 1 is 1.50 bits per heavy atom. The molecule has 0 radical (unpaired) electrons. The maximum Gasteiger partial charge on any atom is 0.307 e. The van der Waals surface area contributed by atoms with E-state index >= 15 is 0 Å². The van der Waals surface area contributed by atoms with Gasteiger partial charge in [-0.2, -0.15) is 0 Å². The monoisotopic (exact) mass is 220 g/mol. The van der Waals surface area contributed by atoms with Crippen LogP contribution in [0, 0.1) is 0 Å². The number of carboxylic acids is 1. The molecule has 0 heterocycles. The fourth-order valence-corrected chi connectivity index (χ4v) is 1.32. The van der Waals surface area contributed by atoms with Crippen molar-refractivity contribution >= 4 is 18.3 Å². The smallest absolute Gasteiger partial charge is 0.307 e. The molecule has 1 aromatic carbocycles. The standard InChI is InChI=1S/C12H12O4/c1-16-11-7-9(3-2-6-13)4-5-10(11)8-12(14)15/h2-7H,8H2,1H3,(H,14,15). The lowest BCUT2D eigenvalue weighted by atomic mass is 10.1. The molecule has 0 aliphatic carbocycles. The van der Waals surface area contributed by atoms with Crippen LogP contribution in [0.4, 0.5) is 0 Å². The van der Waals surface area contributed by atoms with Crippen molar-refractivity contribution in [3.8, 4) is 5.75 Å². The van der Waals surface area contributed by atoms with Gasteiger partial charge in [-0.25, -0.2) is 0 Å². The van der Waals surface area contributed by atoms with Crippen LogP contribution in [-0.2, 0) is 16.0 Å². The maximum absolute atomic E-state index is 10.6.